The van der Waals surface area contributed by atoms with Crippen molar-refractivity contribution in [2.75, 3.05) is 0 Å². The van der Waals surface area contributed by atoms with Gasteiger partial charge in [-0.2, -0.15) is 5.10 Å². The van der Waals surface area contributed by atoms with E-state index < -0.39 is 11.5 Å². The average molecular weight is 354 g/mol. The lowest BCUT2D eigenvalue weighted by atomic mass is 10.2. The molecule has 1 N–H and O–H groups in total. The Balaban J connectivity index is 1.84. The Hall–Kier alpha value is -3.27. The molecule has 10 heteroatoms. The lowest BCUT2D eigenvalue weighted by Gasteiger charge is -2.07. The molecule has 0 amide bonds. The summed E-state index contributed by atoms with van der Waals surface area (Å²) in [5.41, 5.74) is 0.670. The minimum Gasteiger partial charge on any atom is -0.481 e. The van der Waals surface area contributed by atoms with Gasteiger partial charge in [-0.15, -0.1) is 21.5 Å². The van der Waals surface area contributed by atoms with Gasteiger partial charge >= 0.3 is 5.97 Å². The fraction of sp³-hybridized carbons (Fsp3) is 0.133. The molecule has 25 heavy (non-hydrogen) atoms. The highest BCUT2D eigenvalue weighted by Gasteiger charge is 2.16. The summed E-state index contributed by atoms with van der Waals surface area (Å²) in [5.74, 6) is -1.07. The zero-order valence-electron chi connectivity index (χ0n) is 12.7. The summed E-state index contributed by atoms with van der Waals surface area (Å²) >= 11 is 1.45. The fourth-order valence-electron chi connectivity index (χ4n) is 2.48. The van der Waals surface area contributed by atoms with Crippen molar-refractivity contribution in [2.24, 2.45) is 0 Å². The first-order valence-corrected chi connectivity index (χ1v) is 8.07. The molecule has 1 aromatic carbocycles. The first-order chi connectivity index (χ1) is 12.1. The van der Waals surface area contributed by atoms with E-state index in [0.717, 1.165) is 21.2 Å². The van der Waals surface area contributed by atoms with Gasteiger partial charge in [0.25, 0.3) is 5.56 Å². The molecule has 4 aromatic rings. The third kappa shape index (κ3) is 2.83. The molecular weight excluding hydrogens is 344 g/mol. The van der Waals surface area contributed by atoms with Crippen molar-refractivity contribution in [1.82, 2.24) is 29.9 Å². The predicted molar refractivity (Wildman–Crippen MR) is 89.4 cm³/mol. The fourth-order valence-corrected chi connectivity index (χ4v) is 3.43. The van der Waals surface area contributed by atoms with Gasteiger partial charge in [0.05, 0.1) is 23.2 Å². The zero-order chi connectivity index (χ0) is 17.4. The highest BCUT2D eigenvalue weighted by molar-refractivity contribution is 7.18. The number of nitrogens with zero attached hydrogens (tertiary/aromatic N) is 6. The number of carbonyl (C=O) groups is 1. The molecule has 3 heterocycles. The second kappa shape index (κ2) is 5.98. The number of carboxylic acid groups (broad SMARTS) is 1. The molecule has 0 saturated carbocycles. The Morgan fingerprint density at radius 3 is 2.88 bits per heavy atom. The molecule has 0 radical (unpaired) electrons. The van der Waals surface area contributed by atoms with Crippen LogP contribution in [0.2, 0.25) is 0 Å². The molecule has 0 saturated heterocycles. The van der Waals surface area contributed by atoms with Crippen molar-refractivity contribution in [3.63, 3.8) is 0 Å². The molecule has 124 valence electrons. The molecule has 0 aliphatic carbocycles. The third-order valence-corrected chi connectivity index (χ3v) is 4.54. The number of thiazole rings is 1. The van der Waals surface area contributed by atoms with Crippen LogP contribution in [-0.4, -0.2) is 41.0 Å². The van der Waals surface area contributed by atoms with Crippen LogP contribution in [0.1, 0.15) is 10.7 Å². The quantitative estimate of drug-likeness (QED) is 0.572. The average Bonchev–Trinajstić information content (AvgIpc) is 3.01. The van der Waals surface area contributed by atoms with Crippen LogP contribution in [0.25, 0.3) is 21.3 Å². The first-order valence-electron chi connectivity index (χ1n) is 7.25. The van der Waals surface area contributed by atoms with E-state index in [0.29, 0.717) is 5.01 Å². The Morgan fingerprint density at radius 2 is 2.08 bits per heavy atom. The van der Waals surface area contributed by atoms with E-state index in [2.05, 4.69) is 25.3 Å². The van der Waals surface area contributed by atoms with Crippen LogP contribution in [0.15, 0.2) is 35.4 Å². The number of fused-ring (bicyclic) bond motifs is 2. The van der Waals surface area contributed by atoms with Gasteiger partial charge in [-0.25, -0.2) is 14.6 Å². The number of para-hydroxylation sites is 1. The number of carboxylic acids is 1. The number of benzene rings is 1. The number of aromatic nitrogens is 6. The summed E-state index contributed by atoms with van der Waals surface area (Å²) in [5, 5.41) is 21.3. The van der Waals surface area contributed by atoms with Crippen molar-refractivity contribution in [3.05, 3.63) is 51.6 Å². The Bertz CT molecular complexity index is 1140. The van der Waals surface area contributed by atoms with Gasteiger partial charge in [0.15, 0.2) is 5.52 Å². The lowest BCUT2D eigenvalue weighted by molar-refractivity contribution is -0.136. The summed E-state index contributed by atoms with van der Waals surface area (Å²) in [6.45, 7) is 0.122. The van der Waals surface area contributed by atoms with Crippen molar-refractivity contribution in [3.8, 4) is 0 Å². The van der Waals surface area contributed by atoms with Gasteiger partial charge < -0.3 is 5.11 Å². The molecule has 0 bridgehead atoms. The summed E-state index contributed by atoms with van der Waals surface area (Å²) in [6.07, 6.45) is 0.794. The topological polar surface area (TPSA) is 124 Å². The van der Waals surface area contributed by atoms with Crippen molar-refractivity contribution < 1.29 is 9.90 Å². The Kier molecular flexibility index (Phi) is 3.65. The molecule has 4 rings (SSSR count). The second-order valence-electron chi connectivity index (χ2n) is 5.21. The predicted octanol–water partition coefficient (Wildman–Crippen LogP) is 0.867. The van der Waals surface area contributed by atoms with Crippen LogP contribution in [0, 0.1) is 0 Å². The molecule has 3 aromatic heterocycles. The van der Waals surface area contributed by atoms with Crippen LogP contribution in [0.5, 0.6) is 0 Å². The number of hydrogen-bond donors (Lipinski definition) is 1. The van der Waals surface area contributed by atoms with E-state index in [-0.39, 0.29) is 29.7 Å². The van der Waals surface area contributed by atoms with Crippen LogP contribution in [-0.2, 0) is 17.8 Å². The number of hydrogen-bond acceptors (Lipinski definition) is 8. The SMILES string of the molecule is O=C(O)Cc1nn(Cc2nc3ccccc3s2)c(=O)c2nncnc12. The molecule has 0 aliphatic rings. The molecule has 0 unspecified atom stereocenters. The highest BCUT2D eigenvalue weighted by atomic mass is 32.1. The third-order valence-electron chi connectivity index (χ3n) is 3.51. The van der Waals surface area contributed by atoms with Gasteiger partial charge in [-0.3, -0.25) is 9.59 Å². The zero-order valence-corrected chi connectivity index (χ0v) is 13.5. The number of aliphatic carboxylic acids is 1. The van der Waals surface area contributed by atoms with Gasteiger partial charge in [0.1, 0.15) is 22.5 Å². The van der Waals surface area contributed by atoms with Crippen molar-refractivity contribution >= 4 is 38.6 Å². The van der Waals surface area contributed by atoms with Crippen LogP contribution in [0.3, 0.4) is 0 Å². The molecule has 0 aliphatic heterocycles. The molecule has 9 nitrogen and oxygen atoms in total. The standard InChI is InChI=1S/C15H10N6O3S/c22-12(23)5-9-13-14(19-17-7-16-13)15(24)21(20-9)6-11-18-8-3-1-2-4-10(8)25-11/h1-4,7H,5-6H2,(H,22,23). The molecule has 0 atom stereocenters. The van der Waals surface area contributed by atoms with E-state index in [1.807, 2.05) is 24.3 Å². The smallest absolute Gasteiger partial charge is 0.309 e. The minimum absolute atomic E-state index is 0.00476. The van der Waals surface area contributed by atoms with Gasteiger partial charge in [0, 0.05) is 0 Å². The van der Waals surface area contributed by atoms with E-state index in [1.54, 1.807) is 0 Å². The molecule has 0 spiro atoms. The normalized spacial score (nSPS) is 11.2. The number of rotatable bonds is 4. The van der Waals surface area contributed by atoms with Crippen LogP contribution < -0.4 is 5.56 Å². The Labute approximate surface area is 143 Å². The largest absolute Gasteiger partial charge is 0.481 e. The van der Waals surface area contributed by atoms with Gasteiger partial charge in [0.2, 0.25) is 0 Å². The molecular formula is C15H10N6O3S. The maximum Gasteiger partial charge on any atom is 0.309 e. The Morgan fingerprint density at radius 1 is 1.24 bits per heavy atom. The lowest BCUT2D eigenvalue weighted by Crippen LogP contribution is -2.27. The summed E-state index contributed by atoms with van der Waals surface area (Å²) in [6, 6.07) is 7.63. The van der Waals surface area contributed by atoms with E-state index in [4.69, 9.17) is 5.11 Å². The first kappa shape index (κ1) is 15.3. The highest BCUT2D eigenvalue weighted by Crippen LogP contribution is 2.22. The maximum absolute atomic E-state index is 12.6. The van der Waals surface area contributed by atoms with E-state index in [1.165, 1.54) is 11.3 Å². The van der Waals surface area contributed by atoms with Crippen LogP contribution >= 0.6 is 11.3 Å². The summed E-state index contributed by atoms with van der Waals surface area (Å²) in [7, 11) is 0. The summed E-state index contributed by atoms with van der Waals surface area (Å²) < 4.78 is 2.16. The van der Waals surface area contributed by atoms with Crippen molar-refractivity contribution in [1.29, 1.82) is 0 Å². The second-order valence-corrected chi connectivity index (χ2v) is 6.33. The summed E-state index contributed by atoms with van der Waals surface area (Å²) in [4.78, 5) is 32.1. The minimum atomic E-state index is -1.07. The van der Waals surface area contributed by atoms with Crippen molar-refractivity contribution in [2.45, 2.75) is 13.0 Å². The van der Waals surface area contributed by atoms with Gasteiger partial charge in [-0.05, 0) is 12.1 Å². The maximum atomic E-state index is 12.6. The van der Waals surface area contributed by atoms with E-state index >= 15 is 0 Å². The van der Waals surface area contributed by atoms with Crippen LogP contribution in [0.4, 0.5) is 0 Å². The van der Waals surface area contributed by atoms with E-state index in [9.17, 15) is 9.59 Å². The molecule has 0 fully saturated rings. The van der Waals surface area contributed by atoms with Gasteiger partial charge in [-0.1, -0.05) is 12.1 Å². The monoisotopic (exact) mass is 354 g/mol.